The Hall–Kier alpha value is -1.88. The lowest BCUT2D eigenvalue weighted by atomic mass is 9.81. The first-order valence-electron chi connectivity index (χ1n) is 6.50. The molecule has 5 heteroatoms. The molecule has 0 aliphatic carbocycles. The average molecular weight is 297 g/mol. The first kappa shape index (κ1) is 15.5. The normalized spacial score (nSPS) is 14.8. The quantitative estimate of drug-likeness (QED) is 0.832. The van der Waals surface area contributed by atoms with Gasteiger partial charge in [0.15, 0.2) is 0 Å². The third-order valence-electron chi connectivity index (χ3n) is 3.62. The second-order valence-electron chi connectivity index (χ2n) is 4.91. The van der Waals surface area contributed by atoms with E-state index in [1.807, 2.05) is 6.92 Å². The van der Waals surface area contributed by atoms with E-state index in [2.05, 4.69) is 0 Å². The molecule has 0 aliphatic rings. The van der Waals surface area contributed by atoms with Crippen molar-refractivity contribution in [2.75, 3.05) is 0 Å². The highest BCUT2D eigenvalue weighted by molar-refractivity contribution is 5.39. The van der Waals surface area contributed by atoms with E-state index in [1.54, 1.807) is 6.07 Å². The van der Waals surface area contributed by atoms with Crippen LogP contribution in [-0.2, 0) is 11.7 Å². The van der Waals surface area contributed by atoms with Crippen LogP contribution in [0.15, 0.2) is 48.5 Å². The van der Waals surface area contributed by atoms with Crippen molar-refractivity contribution < 1.29 is 17.6 Å². The zero-order valence-corrected chi connectivity index (χ0v) is 11.4. The molecule has 0 amide bonds. The van der Waals surface area contributed by atoms with Gasteiger partial charge in [-0.2, -0.15) is 13.2 Å². The van der Waals surface area contributed by atoms with E-state index in [1.165, 1.54) is 30.3 Å². The van der Waals surface area contributed by atoms with Crippen molar-refractivity contribution in [1.29, 1.82) is 0 Å². The van der Waals surface area contributed by atoms with Gasteiger partial charge in [0.2, 0.25) is 0 Å². The number of nitrogens with two attached hydrogens (primary N) is 1. The number of hydrogen-bond donors (Lipinski definition) is 1. The van der Waals surface area contributed by atoms with Gasteiger partial charge in [0, 0.05) is 0 Å². The summed E-state index contributed by atoms with van der Waals surface area (Å²) in [6.07, 6.45) is -3.96. The first-order valence-corrected chi connectivity index (χ1v) is 6.50. The van der Waals surface area contributed by atoms with Crippen molar-refractivity contribution in [3.05, 3.63) is 71.0 Å². The second kappa shape index (κ2) is 5.48. The van der Waals surface area contributed by atoms with Crippen LogP contribution in [0, 0.1) is 5.82 Å². The molecule has 0 saturated heterocycles. The Bertz CT molecular complexity index is 619. The van der Waals surface area contributed by atoms with Gasteiger partial charge in [-0.3, -0.25) is 0 Å². The van der Waals surface area contributed by atoms with Crippen LogP contribution in [0.25, 0.3) is 0 Å². The second-order valence-corrected chi connectivity index (χ2v) is 4.91. The van der Waals surface area contributed by atoms with E-state index in [0.717, 1.165) is 12.1 Å². The van der Waals surface area contributed by atoms with Crippen LogP contribution < -0.4 is 5.73 Å². The molecular formula is C16H15F4N. The van der Waals surface area contributed by atoms with E-state index in [0.29, 0.717) is 17.5 Å². The van der Waals surface area contributed by atoms with Crippen LogP contribution in [0.5, 0.6) is 0 Å². The van der Waals surface area contributed by atoms with Gasteiger partial charge in [-0.25, -0.2) is 4.39 Å². The van der Waals surface area contributed by atoms with Crippen LogP contribution >= 0.6 is 0 Å². The SMILES string of the molecule is CCC(N)(c1ccc(C(F)(F)F)cc1)c1cccc(F)c1. The number of hydrogen-bond acceptors (Lipinski definition) is 1. The molecule has 0 saturated carbocycles. The highest BCUT2D eigenvalue weighted by Gasteiger charge is 2.32. The molecule has 112 valence electrons. The zero-order chi connectivity index (χ0) is 15.7. The van der Waals surface area contributed by atoms with E-state index < -0.39 is 23.1 Å². The summed E-state index contributed by atoms with van der Waals surface area (Å²) in [6.45, 7) is 1.81. The van der Waals surface area contributed by atoms with Crippen molar-refractivity contribution in [3.63, 3.8) is 0 Å². The number of rotatable bonds is 3. The monoisotopic (exact) mass is 297 g/mol. The van der Waals surface area contributed by atoms with Crippen molar-refractivity contribution in [1.82, 2.24) is 0 Å². The van der Waals surface area contributed by atoms with Gasteiger partial charge >= 0.3 is 6.18 Å². The van der Waals surface area contributed by atoms with Gasteiger partial charge in [0.1, 0.15) is 5.82 Å². The summed E-state index contributed by atoms with van der Waals surface area (Å²) in [5.41, 5.74) is 5.62. The largest absolute Gasteiger partial charge is 0.416 e. The highest BCUT2D eigenvalue weighted by atomic mass is 19.4. The highest BCUT2D eigenvalue weighted by Crippen LogP contribution is 2.34. The minimum absolute atomic E-state index is 0.428. The molecule has 2 aromatic rings. The van der Waals surface area contributed by atoms with Crippen molar-refractivity contribution >= 4 is 0 Å². The molecule has 2 aromatic carbocycles. The van der Waals surface area contributed by atoms with Gasteiger partial charge in [-0.1, -0.05) is 31.2 Å². The van der Waals surface area contributed by atoms with Crippen molar-refractivity contribution in [2.45, 2.75) is 25.1 Å². The molecule has 0 bridgehead atoms. The zero-order valence-electron chi connectivity index (χ0n) is 11.4. The van der Waals surface area contributed by atoms with Crippen LogP contribution in [-0.4, -0.2) is 0 Å². The molecule has 0 fully saturated rings. The Morgan fingerprint density at radius 2 is 1.48 bits per heavy atom. The molecule has 1 unspecified atom stereocenters. The maximum absolute atomic E-state index is 13.4. The fraction of sp³-hybridized carbons (Fsp3) is 0.250. The Morgan fingerprint density at radius 1 is 0.905 bits per heavy atom. The number of benzene rings is 2. The maximum Gasteiger partial charge on any atom is 0.416 e. The number of halogens is 4. The Labute approximate surface area is 120 Å². The van der Waals surface area contributed by atoms with Gasteiger partial charge in [0.05, 0.1) is 11.1 Å². The lowest BCUT2D eigenvalue weighted by molar-refractivity contribution is -0.137. The third kappa shape index (κ3) is 3.08. The summed E-state index contributed by atoms with van der Waals surface area (Å²) in [7, 11) is 0. The molecule has 0 spiro atoms. The van der Waals surface area contributed by atoms with Crippen molar-refractivity contribution in [2.24, 2.45) is 5.73 Å². The van der Waals surface area contributed by atoms with E-state index in [4.69, 9.17) is 5.73 Å². The predicted molar refractivity (Wildman–Crippen MR) is 73.1 cm³/mol. The minimum atomic E-state index is -4.39. The molecule has 1 nitrogen and oxygen atoms in total. The van der Waals surface area contributed by atoms with Gasteiger partial charge in [-0.05, 0) is 41.8 Å². The van der Waals surface area contributed by atoms with Crippen molar-refractivity contribution in [3.8, 4) is 0 Å². The molecule has 0 aliphatic heterocycles. The topological polar surface area (TPSA) is 26.0 Å². The lowest BCUT2D eigenvalue weighted by Crippen LogP contribution is -2.37. The summed E-state index contributed by atoms with van der Waals surface area (Å²) in [5, 5.41) is 0. The minimum Gasteiger partial charge on any atom is -0.318 e. The fourth-order valence-corrected chi connectivity index (χ4v) is 2.30. The molecule has 0 aromatic heterocycles. The van der Waals surface area contributed by atoms with Crippen LogP contribution in [0.1, 0.15) is 30.0 Å². The molecule has 21 heavy (non-hydrogen) atoms. The Morgan fingerprint density at radius 3 is 1.95 bits per heavy atom. The van der Waals surface area contributed by atoms with Gasteiger partial charge in [0.25, 0.3) is 0 Å². The van der Waals surface area contributed by atoms with E-state index in [9.17, 15) is 17.6 Å². The first-order chi connectivity index (χ1) is 9.77. The Kier molecular flexibility index (Phi) is 4.05. The summed E-state index contributed by atoms with van der Waals surface area (Å²) in [4.78, 5) is 0. The summed E-state index contributed by atoms with van der Waals surface area (Å²) in [5.74, 6) is -0.428. The molecule has 0 radical (unpaired) electrons. The fourth-order valence-electron chi connectivity index (χ4n) is 2.30. The molecule has 1 atom stereocenters. The molecule has 0 heterocycles. The molecule has 2 rings (SSSR count). The van der Waals surface area contributed by atoms with Gasteiger partial charge < -0.3 is 5.73 Å². The maximum atomic E-state index is 13.4. The standard InChI is InChI=1S/C16H15F4N/c1-2-15(21,13-4-3-5-14(17)10-13)11-6-8-12(9-7-11)16(18,19)20/h3-10H,2,21H2,1H3. The summed E-state index contributed by atoms with van der Waals surface area (Å²) >= 11 is 0. The average Bonchev–Trinajstić information content (AvgIpc) is 2.45. The van der Waals surface area contributed by atoms with E-state index in [-0.39, 0.29) is 0 Å². The van der Waals surface area contributed by atoms with Crippen LogP contribution in [0.3, 0.4) is 0 Å². The summed E-state index contributed by atoms with van der Waals surface area (Å²) < 4.78 is 51.1. The van der Waals surface area contributed by atoms with Crippen LogP contribution in [0.4, 0.5) is 17.6 Å². The smallest absolute Gasteiger partial charge is 0.318 e. The van der Waals surface area contributed by atoms with Gasteiger partial charge in [-0.15, -0.1) is 0 Å². The molecular weight excluding hydrogens is 282 g/mol. The molecule has 2 N–H and O–H groups in total. The third-order valence-corrected chi connectivity index (χ3v) is 3.62. The Balaban J connectivity index is 2.46. The lowest BCUT2D eigenvalue weighted by Gasteiger charge is -2.30. The van der Waals surface area contributed by atoms with Crippen LogP contribution in [0.2, 0.25) is 0 Å². The predicted octanol–water partition coefficient (Wildman–Crippen LogP) is 4.46. The van der Waals surface area contributed by atoms with E-state index >= 15 is 0 Å². The number of alkyl halides is 3. The summed E-state index contributed by atoms with van der Waals surface area (Å²) in [6, 6.07) is 10.5.